The highest BCUT2D eigenvalue weighted by Crippen LogP contribution is 2.27. The molecule has 0 aliphatic heterocycles. The van der Waals surface area contributed by atoms with Crippen LogP contribution in [0.2, 0.25) is 10.0 Å². The lowest BCUT2D eigenvalue weighted by molar-refractivity contribution is 0.0735. The van der Waals surface area contributed by atoms with Gasteiger partial charge in [0.05, 0.1) is 39.8 Å². The Morgan fingerprint density at radius 3 is 2.47 bits per heavy atom. The minimum absolute atomic E-state index is 0.220. The van der Waals surface area contributed by atoms with Gasteiger partial charge in [-0.15, -0.1) is 0 Å². The highest BCUT2D eigenvalue weighted by molar-refractivity contribution is 6.36. The topological polar surface area (TPSA) is 64.4 Å². The van der Waals surface area contributed by atoms with E-state index >= 15 is 0 Å². The quantitative estimate of drug-likeness (QED) is 0.332. The third-order valence-electron chi connectivity index (χ3n) is 5.64. The van der Waals surface area contributed by atoms with Crippen LogP contribution in [0.3, 0.4) is 0 Å². The van der Waals surface area contributed by atoms with Crippen molar-refractivity contribution in [2.75, 3.05) is 13.7 Å². The maximum atomic E-state index is 13.6. The molecule has 1 unspecified atom stereocenters. The van der Waals surface area contributed by atoms with E-state index in [1.807, 2.05) is 19.9 Å². The van der Waals surface area contributed by atoms with E-state index in [-0.39, 0.29) is 16.5 Å². The van der Waals surface area contributed by atoms with Crippen molar-refractivity contribution in [1.29, 1.82) is 0 Å². The summed E-state index contributed by atoms with van der Waals surface area (Å²) in [7, 11) is 1.65. The van der Waals surface area contributed by atoms with Crippen LogP contribution in [0.25, 0.3) is 16.6 Å². The molecule has 1 atom stereocenters. The Labute approximate surface area is 207 Å². The molecule has 0 saturated carbocycles. The SMILES string of the molecule is CCOc1ccc(-n2c(C(C)N(C)C(=O)c3ccc(Cl)cc3Cl)nc3ccccc3c2=O)cc1. The smallest absolute Gasteiger partial charge is 0.266 e. The molecule has 0 fully saturated rings. The van der Waals surface area contributed by atoms with E-state index in [2.05, 4.69) is 0 Å². The average molecular weight is 496 g/mol. The van der Waals surface area contributed by atoms with Gasteiger partial charge < -0.3 is 9.64 Å². The van der Waals surface area contributed by atoms with Gasteiger partial charge in [-0.2, -0.15) is 0 Å². The summed E-state index contributed by atoms with van der Waals surface area (Å²) in [5, 5.41) is 1.19. The fraction of sp³-hybridized carbons (Fsp3) is 0.192. The number of nitrogens with zero attached hydrogens (tertiary/aromatic N) is 3. The molecule has 1 heterocycles. The summed E-state index contributed by atoms with van der Waals surface area (Å²) in [6.07, 6.45) is 0. The van der Waals surface area contributed by atoms with Crippen LogP contribution >= 0.6 is 23.2 Å². The highest BCUT2D eigenvalue weighted by Gasteiger charge is 2.26. The second-order valence-corrected chi connectivity index (χ2v) is 8.61. The first-order chi connectivity index (χ1) is 16.3. The number of hydrogen-bond donors (Lipinski definition) is 0. The standard InChI is InChI=1S/C26H23Cl2N3O3/c1-4-34-19-12-10-18(11-13-19)31-24(29-23-8-6-5-7-21(23)26(31)33)16(2)30(3)25(32)20-14-9-17(27)15-22(20)28/h5-16H,4H2,1-3H3. The van der Waals surface area contributed by atoms with Gasteiger partial charge >= 0.3 is 0 Å². The van der Waals surface area contributed by atoms with Gasteiger partial charge in [0.2, 0.25) is 0 Å². The zero-order valence-electron chi connectivity index (χ0n) is 19.0. The second kappa shape index (κ2) is 9.87. The zero-order chi connectivity index (χ0) is 24.4. The number of rotatable bonds is 6. The van der Waals surface area contributed by atoms with E-state index in [9.17, 15) is 9.59 Å². The van der Waals surface area contributed by atoms with Gasteiger partial charge in [-0.25, -0.2) is 4.98 Å². The van der Waals surface area contributed by atoms with Crippen LogP contribution in [0, 0.1) is 0 Å². The van der Waals surface area contributed by atoms with Gasteiger partial charge in [0, 0.05) is 12.1 Å². The highest BCUT2D eigenvalue weighted by atomic mass is 35.5. The first-order valence-corrected chi connectivity index (χ1v) is 11.5. The number of carbonyl (C=O) groups is 1. The summed E-state index contributed by atoms with van der Waals surface area (Å²) < 4.78 is 7.07. The lowest BCUT2D eigenvalue weighted by atomic mass is 10.1. The van der Waals surface area contributed by atoms with Gasteiger partial charge in [-0.3, -0.25) is 14.2 Å². The molecule has 0 radical (unpaired) electrons. The molecule has 0 spiro atoms. The Morgan fingerprint density at radius 2 is 1.79 bits per heavy atom. The van der Waals surface area contributed by atoms with Crippen LogP contribution in [0.15, 0.2) is 71.5 Å². The van der Waals surface area contributed by atoms with Crippen molar-refractivity contribution in [3.8, 4) is 11.4 Å². The van der Waals surface area contributed by atoms with Crippen LogP contribution in [0.5, 0.6) is 5.75 Å². The Kier molecular flexibility index (Phi) is 6.91. The normalized spacial score (nSPS) is 11.9. The molecular weight excluding hydrogens is 473 g/mol. The summed E-state index contributed by atoms with van der Waals surface area (Å²) in [6.45, 7) is 4.27. The minimum Gasteiger partial charge on any atom is -0.494 e. The second-order valence-electron chi connectivity index (χ2n) is 7.77. The maximum Gasteiger partial charge on any atom is 0.266 e. The van der Waals surface area contributed by atoms with Crippen LogP contribution < -0.4 is 10.3 Å². The largest absolute Gasteiger partial charge is 0.494 e. The lowest BCUT2D eigenvalue weighted by Crippen LogP contribution is -2.35. The first-order valence-electron chi connectivity index (χ1n) is 10.8. The summed E-state index contributed by atoms with van der Waals surface area (Å²) >= 11 is 12.3. The van der Waals surface area contributed by atoms with Crippen molar-refractivity contribution in [1.82, 2.24) is 14.5 Å². The molecule has 0 N–H and O–H groups in total. The molecule has 6 nitrogen and oxygen atoms in total. The Hall–Kier alpha value is -3.35. The summed E-state index contributed by atoms with van der Waals surface area (Å²) in [5.41, 5.74) is 1.28. The van der Waals surface area contributed by atoms with Crippen molar-refractivity contribution in [3.63, 3.8) is 0 Å². The maximum absolute atomic E-state index is 13.6. The van der Waals surface area contributed by atoms with Gasteiger partial charge in [0.15, 0.2) is 0 Å². The van der Waals surface area contributed by atoms with Gasteiger partial charge in [0.1, 0.15) is 11.6 Å². The predicted molar refractivity (Wildman–Crippen MR) is 135 cm³/mol. The fourth-order valence-corrected chi connectivity index (χ4v) is 4.23. The molecule has 0 aliphatic carbocycles. The Bertz CT molecular complexity index is 1420. The van der Waals surface area contributed by atoms with Crippen molar-refractivity contribution in [2.45, 2.75) is 19.9 Å². The number of amides is 1. The van der Waals surface area contributed by atoms with Gasteiger partial charge in [-0.05, 0) is 68.4 Å². The molecule has 3 aromatic carbocycles. The molecule has 1 aromatic heterocycles. The summed E-state index contributed by atoms with van der Waals surface area (Å²) in [5.74, 6) is 0.816. The van der Waals surface area contributed by atoms with Crippen LogP contribution in [-0.2, 0) is 0 Å². The number of carbonyl (C=O) groups excluding carboxylic acids is 1. The zero-order valence-corrected chi connectivity index (χ0v) is 20.5. The Balaban J connectivity index is 1.84. The number of fused-ring (bicyclic) bond motifs is 1. The number of para-hydroxylation sites is 1. The van der Waals surface area contributed by atoms with E-state index < -0.39 is 6.04 Å². The number of benzene rings is 3. The number of aromatic nitrogens is 2. The van der Waals surface area contributed by atoms with Gasteiger partial charge in [0.25, 0.3) is 11.5 Å². The van der Waals surface area contributed by atoms with Crippen molar-refractivity contribution < 1.29 is 9.53 Å². The van der Waals surface area contributed by atoms with Crippen LogP contribution in [0.4, 0.5) is 0 Å². The van der Waals surface area contributed by atoms with E-state index in [1.54, 1.807) is 61.6 Å². The number of halogens is 2. The molecule has 174 valence electrons. The average Bonchev–Trinajstić information content (AvgIpc) is 2.83. The summed E-state index contributed by atoms with van der Waals surface area (Å²) in [6, 6.07) is 18.5. The number of ether oxygens (including phenoxy) is 1. The lowest BCUT2D eigenvalue weighted by Gasteiger charge is -2.27. The molecule has 8 heteroatoms. The number of hydrogen-bond acceptors (Lipinski definition) is 4. The molecule has 34 heavy (non-hydrogen) atoms. The molecule has 4 aromatic rings. The van der Waals surface area contributed by atoms with Gasteiger partial charge in [-0.1, -0.05) is 35.3 Å². The third-order valence-corrected chi connectivity index (χ3v) is 6.19. The third kappa shape index (κ3) is 4.52. The molecule has 0 saturated heterocycles. The van der Waals surface area contributed by atoms with Crippen LogP contribution in [-0.4, -0.2) is 34.0 Å². The minimum atomic E-state index is -0.553. The molecule has 1 amide bonds. The fourth-order valence-electron chi connectivity index (χ4n) is 3.74. The van der Waals surface area contributed by atoms with E-state index in [0.717, 1.165) is 0 Å². The van der Waals surface area contributed by atoms with Crippen molar-refractivity contribution >= 4 is 40.0 Å². The van der Waals surface area contributed by atoms with E-state index in [4.69, 9.17) is 32.9 Å². The molecular formula is C26H23Cl2N3O3. The van der Waals surface area contributed by atoms with E-state index in [0.29, 0.717) is 45.4 Å². The first kappa shape index (κ1) is 23.8. The molecule has 4 rings (SSSR count). The van der Waals surface area contributed by atoms with Crippen molar-refractivity contribution in [2.24, 2.45) is 0 Å². The van der Waals surface area contributed by atoms with E-state index in [1.165, 1.54) is 15.5 Å². The monoisotopic (exact) mass is 495 g/mol. The van der Waals surface area contributed by atoms with Crippen molar-refractivity contribution in [3.05, 3.63) is 98.5 Å². The summed E-state index contributed by atoms with van der Waals surface area (Å²) in [4.78, 5) is 33.1. The predicted octanol–water partition coefficient (Wildman–Crippen LogP) is 5.92. The Morgan fingerprint density at radius 1 is 1.09 bits per heavy atom. The molecule has 0 aliphatic rings. The van der Waals surface area contributed by atoms with Crippen LogP contribution in [0.1, 0.15) is 36.1 Å². The molecule has 0 bridgehead atoms.